The van der Waals surface area contributed by atoms with E-state index in [0.29, 0.717) is 12.5 Å². The fourth-order valence-corrected chi connectivity index (χ4v) is 2.74. The maximum Gasteiger partial charge on any atom is 0.151 e. The SMILES string of the molecule is CCS(=O)(=O)CCNC(CC(C)C)c1ccccc1. The molecule has 1 aromatic rings. The molecule has 0 amide bonds. The highest BCUT2D eigenvalue weighted by Gasteiger charge is 2.14. The molecule has 0 aliphatic rings. The van der Waals surface area contributed by atoms with Crippen molar-refractivity contribution in [3.8, 4) is 0 Å². The van der Waals surface area contributed by atoms with Gasteiger partial charge in [0.2, 0.25) is 0 Å². The van der Waals surface area contributed by atoms with Crippen molar-refractivity contribution in [1.29, 1.82) is 0 Å². The molecule has 1 atom stereocenters. The predicted octanol–water partition coefficient (Wildman–Crippen LogP) is 2.80. The van der Waals surface area contributed by atoms with E-state index in [-0.39, 0.29) is 17.5 Å². The van der Waals surface area contributed by atoms with Crippen LogP contribution in [0.3, 0.4) is 0 Å². The smallest absolute Gasteiger partial charge is 0.151 e. The second-order valence-corrected chi connectivity index (χ2v) is 7.76. The minimum Gasteiger partial charge on any atom is -0.309 e. The zero-order chi connectivity index (χ0) is 14.3. The van der Waals surface area contributed by atoms with E-state index in [4.69, 9.17) is 0 Å². The van der Waals surface area contributed by atoms with Crippen molar-refractivity contribution in [3.63, 3.8) is 0 Å². The van der Waals surface area contributed by atoms with E-state index >= 15 is 0 Å². The maximum absolute atomic E-state index is 11.5. The fourth-order valence-electron chi connectivity index (χ4n) is 2.03. The van der Waals surface area contributed by atoms with Crippen LogP contribution in [-0.4, -0.2) is 26.5 Å². The summed E-state index contributed by atoms with van der Waals surface area (Å²) in [7, 11) is -2.89. The number of rotatable bonds is 8. The summed E-state index contributed by atoms with van der Waals surface area (Å²) in [5.41, 5.74) is 1.23. The molecule has 1 N–H and O–H groups in total. The van der Waals surface area contributed by atoms with E-state index in [1.54, 1.807) is 6.92 Å². The maximum atomic E-state index is 11.5. The second-order valence-electron chi connectivity index (χ2n) is 5.28. The molecule has 0 fully saturated rings. The Morgan fingerprint density at radius 3 is 2.32 bits per heavy atom. The summed E-state index contributed by atoms with van der Waals surface area (Å²) in [5.74, 6) is 1.00. The third kappa shape index (κ3) is 6.21. The third-order valence-electron chi connectivity index (χ3n) is 3.15. The summed E-state index contributed by atoms with van der Waals surface area (Å²) in [5, 5.41) is 3.38. The Kier molecular flexibility index (Phi) is 6.52. The molecule has 3 nitrogen and oxygen atoms in total. The van der Waals surface area contributed by atoms with Crippen LogP contribution in [-0.2, 0) is 9.84 Å². The first-order chi connectivity index (χ1) is 8.94. The van der Waals surface area contributed by atoms with Crippen LogP contribution >= 0.6 is 0 Å². The van der Waals surface area contributed by atoms with Gasteiger partial charge in [-0.15, -0.1) is 0 Å². The van der Waals surface area contributed by atoms with Crippen LogP contribution in [0, 0.1) is 5.92 Å². The summed E-state index contributed by atoms with van der Waals surface area (Å²) in [6.45, 7) is 6.57. The van der Waals surface area contributed by atoms with Crippen molar-refractivity contribution in [2.75, 3.05) is 18.1 Å². The van der Waals surface area contributed by atoms with Gasteiger partial charge in [0.15, 0.2) is 9.84 Å². The van der Waals surface area contributed by atoms with Crippen LogP contribution < -0.4 is 5.32 Å². The first kappa shape index (κ1) is 16.2. The van der Waals surface area contributed by atoms with E-state index in [2.05, 4.69) is 31.3 Å². The van der Waals surface area contributed by atoms with E-state index in [9.17, 15) is 8.42 Å². The van der Waals surface area contributed by atoms with Crippen LogP contribution in [0.2, 0.25) is 0 Å². The van der Waals surface area contributed by atoms with E-state index < -0.39 is 9.84 Å². The molecule has 0 bridgehead atoms. The Labute approximate surface area is 117 Å². The van der Waals surface area contributed by atoms with Crippen molar-refractivity contribution in [2.24, 2.45) is 5.92 Å². The zero-order valence-electron chi connectivity index (χ0n) is 12.1. The minimum absolute atomic E-state index is 0.213. The molecule has 0 heterocycles. The molecular formula is C15H25NO2S. The number of sulfone groups is 1. The van der Waals surface area contributed by atoms with Crippen LogP contribution in [0.4, 0.5) is 0 Å². The molecule has 1 aromatic carbocycles. The van der Waals surface area contributed by atoms with Crippen molar-refractivity contribution in [1.82, 2.24) is 5.32 Å². The second kappa shape index (κ2) is 7.65. The average Bonchev–Trinajstić information content (AvgIpc) is 2.38. The molecule has 0 radical (unpaired) electrons. The Morgan fingerprint density at radius 1 is 1.16 bits per heavy atom. The minimum atomic E-state index is -2.89. The lowest BCUT2D eigenvalue weighted by molar-refractivity contribution is 0.438. The lowest BCUT2D eigenvalue weighted by Gasteiger charge is -2.21. The van der Waals surface area contributed by atoms with Gasteiger partial charge in [-0.3, -0.25) is 0 Å². The van der Waals surface area contributed by atoms with Gasteiger partial charge in [-0.05, 0) is 17.9 Å². The summed E-state index contributed by atoms with van der Waals surface area (Å²) in [4.78, 5) is 0. The Balaban J connectivity index is 2.61. The highest BCUT2D eigenvalue weighted by Crippen LogP contribution is 2.20. The lowest BCUT2D eigenvalue weighted by atomic mass is 9.97. The molecule has 0 aliphatic carbocycles. The molecule has 108 valence electrons. The number of hydrogen-bond acceptors (Lipinski definition) is 3. The highest BCUT2D eigenvalue weighted by molar-refractivity contribution is 7.91. The topological polar surface area (TPSA) is 46.2 Å². The Hall–Kier alpha value is -0.870. The quantitative estimate of drug-likeness (QED) is 0.798. The number of hydrogen-bond donors (Lipinski definition) is 1. The zero-order valence-corrected chi connectivity index (χ0v) is 12.9. The highest BCUT2D eigenvalue weighted by atomic mass is 32.2. The molecule has 0 aliphatic heterocycles. The van der Waals surface area contributed by atoms with Crippen LogP contribution in [0.5, 0.6) is 0 Å². The van der Waals surface area contributed by atoms with Gasteiger partial charge in [0.1, 0.15) is 0 Å². The fraction of sp³-hybridized carbons (Fsp3) is 0.600. The largest absolute Gasteiger partial charge is 0.309 e. The van der Waals surface area contributed by atoms with Gasteiger partial charge in [-0.25, -0.2) is 8.42 Å². The van der Waals surface area contributed by atoms with Gasteiger partial charge in [0.25, 0.3) is 0 Å². The molecule has 1 rings (SSSR count). The molecule has 1 unspecified atom stereocenters. The van der Waals surface area contributed by atoms with Crippen molar-refractivity contribution in [2.45, 2.75) is 33.2 Å². The van der Waals surface area contributed by atoms with Gasteiger partial charge >= 0.3 is 0 Å². The van der Waals surface area contributed by atoms with E-state index in [1.807, 2.05) is 18.2 Å². The molecule has 0 aromatic heterocycles. The van der Waals surface area contributed by atoms with Crippen LogP contribution in [0.15, 0.2) is 30.3 Å². The first-order valence-corrected chi connectivity index (χ1v) is 8.75. The summed E-state index contributed by atoms with van der Waals surface area (Å²) in [6.07, 6.45) is 1.01. The molecular weight excluding hydrogens is 258 g/mol. The molecule has 19 heavy (non-hydrogen) atoms. The van der Waals surface area contributed by atoms with Crippen molar-refractivity contribution >= 4 is 9.84 Å². The first-order valence-electron chi connectivity index (χ1n) is 6.93. The van der Waals surface area contributed by atoms with E-state index in [1.165, 1.54) is 5.56 Å². The standard InChI is InChI=1S/C15H25NO2S/c1-4-19(17,18)11-10-16-15(12-13(2)3)14-8-6-5-7-9-14/h5-9,13,15-16H,4,10-12H2,1-3H3. The van der Waals surface area contributed by atoms with Crippen molar-refractivity contribution < 1.29 is 8.42 Å². The average molecular weight is 283 g/mol. The van der Waals surface area contributed by atoms with Crippen LogP contribution in [0.25, 0.3) is 0 Å². The summed E-state index contributed by atoms with van der Waals surface area (Å²) < 4.78 is 23.0. The van der Waals surface area contributed by atoms with Gasteiger partial charge in [-0.1, -0.05) is 51.1 Å². The molecule has 0 saturated heterocycles. The van der Waals surface area contributed by atoms with Gasteiger partial charge in [-0.2, -0.15) is 0 Å². The molecule has 0 spiro atoms. The van der Waals surface area contributed by atoms with Gasteiger partial charge in [0.05, 0.1) is 5.75 Å². The van der Waals surface area contributed by atoms with Gasteiger partial charge < -0.3 is 5.32 Å². The molecule has 4 heteroatoms. The number of nitrogens with one attached hydrogen (secondary N) is 1. The Bertz CT molecular complexity index is 454. The normalized spacial score (nSPS) is 13.7. The lowest BCUT2D eigenvalue weighted by Crippen LogP contribution is -2.28. The Morgan fingerprint density at radius 2 is 1.79 bits per heavy atom. The monoisotopic (exact) mass is 283 g/mol. The third-order valence-corrected chi connectivity index (χ3v) is 4.86. The summed E-state index contributed by atoms with van der Waals surface area (Å²) in [6, 6.07) is 10.5. The van der Waals surface area contributed by atoms with E-state index in [0.717, 1.165) is 6.42 Å². The van der Waals surface area contributed by atoms with Crippen molar-refractivity contribution in [3.05, 3.63) is 35.9 Å². The predicted molar refractivity (Wildman–Crippen MR) is 81.0 cm³/mol. The summed E-state index contributed by atoms with van der Waals surface area (Å²) >= 11 is 0. The number of benzene rings is 1. The molecule has 0 saturated carbocycles. The van der Waals surface area contributed by atoms with Crippen LogP contribution in [0.1, 0.15) is 38.8 Å². The van der Waals surface area contributed by atoms with Gasteiger partial charge in [0, 0.05) is 18.3 Å².